The van der Waals surface area contributed by atoms with E-state index < -0.39 is 0 Å². The number of hydrogen-bond acceptors (Lipinski definition) is 6. The van der Waals surface area contributed by atoms with E-state index in [2.05, 4.69) is 15.0 Å². The number of rotatable bonds is 7. The fraction of sp³-hybridized carbons (Fsp3) is 0.125. The van der Waals surface area contributed by atoms with Gasteiger partial charge in [-0.3, -0.25) is 0 Å². The topological polar surface area (TPSA) is 88.3 Å². The van der Waals surface area contributed by atoms with E-state index in [1.807, 2.05) is 55.5 Å². The van der Waals surface area contributed by atoms with E-state index in [9.17, 15) is 14.4 Å². The van der Waals surface area contributed by atoms with Gasteiger partial charge in [-0.05, 0) is 65.8 Å². The predicted molar refractivity (Wildman–Crippen MR) is 113 cm³/mol. The smallest absolute Gasteiger partial charge is 0.211 e. The SMILES string of the molecule is Cc1ccc(Cc2ccc(Cc3ccccc3N=C=O)cc2N=C=O)cc1N=C=O. The number of aryl methyl sites for hydroxylation is 1. The minimum Gasteiger partial charge on any atom is -0.211 e. The molecule has 30 heavy (non-hydrogen) atoms. The number of para-hydroxylation sites is 1. The summed E-state index contributed by atoms with van der Waals surface area (Å²) in [6, 6.07) is 18.6. The molecule has 3 aromatic rings. The molecule has 0 N–H and O–H groups in total. The molecular weight excluding hydrogens is 378 g/mol. The van der Waals surface area contributed by atoms with Crippen LogP contribution in [-0.2, 0) is 27.2 Å². The summed E-state index contributed by atoms with van der Waals surface area (Å²) in [6.07, 6.45) is 5.77. The lowest BCUT2D eigenvalue weighted by molar-refractivity contribution is 0.564. The van der Waals surface area contributed by atoms with Crippen molar-refractivity contribution in [3.8, 4) is 0 Å². The second-order valence-electron chi connectivity index (χ2n) is 6.68. The molecule has 0 bridgehead atoms. The quantitative estimate of drug-likeness (QED) is 0.413. The third-order valence-electron chi connectivity index (χ3n) is 4.70. The predicted octanol–water partition coefficient (Wildman–Crippen LogP) is 5.08. The molecule has 0 amide bonds. The number of isocyanates is 3. The molecule has 3 aromatic carbocycles. The maximum Gasteiger partial charge on any atom is 0.240 e. The Hall–Kier alpha value is -4.20. The zero-order valence-corrected chi connectivity index (χ0v) is 16.3. The van der Waals surface area contributed by atoms with E-state index in [1.54, 1.807) is 30.4 Å². The lowest BCUT2D eigenvalue weighted by atomic mass is 9.97. The third kappa shape index (κ3) is 4.99. The van der Waals surface area contributed by atoms with Gasteiger partial charge in [0.05, 0.1) is 17.1 Å². The van der Waals surface area contributed by atoms with Gasteiger partial charge in [0, 0.05) is 0 Å². The molecule has 146 valence electrons. The van der Waals surface area contributed by atoms with Gasteiger partial charge < -0.3 is 0 Å². The number of benzene rings is 3. The molecule has 0 saturated heterocycles. The first kappa shape index (κ1) is 20.5. The molecule has 0 atom stereocenters. The molecule has 0 aliphatic carbocycles. The molecule has 0 fully saturated rings. The van der Waals surface area contributed by atoms with Crippen LogP contribution in [0.5, 0.6) is 0 Å². The van der Waals surface area contributed by atoms with Gasteiger partial charge in [0.15, 0.2) is 0 Å². The Morgan fingerprint density at radius 3 is 1.87 bits per heavy atom. The largest absolute Gasteiger partial charge is 0.240 e. The first-order valence-corrected chi connectivity index (χ1v) is 9.17. The summed E-state index contributed by atoms with van der Waals surface area (Å²) in [6.45, 7) is 1.86. The summed E-state index contributed by atoms with van der Waals surface area (Å²) < 4.78 is 0. The number of carbonyl (C=O) groups excluding carboxylic acids is 3. The van der Waals surface area contributed by atoms with E-state index in [4.69, 9.17) is 0 Å². The van der Waals surface area contributed by atoms with Crippen LogP contribution < -0.4 is 0 Å². The van der Waals surface area contributed by atoms with Crippen LogP contribution in [0.4, 0.5) is 17.1 Å². The van der Waals surface area contributed by atoms with Crippen LogP contribution in [-0.4, -0.2) is 18.2 Å². The molecular formula is C24H17N3O3. The maximum atomic E-state index is 11.0. The molecule has 0 spiro atoms. The van der Waals surface area contributed by atoms with Crippen LogP contribution >= 0.6 is 0 Å². The first-order valence-electron chi connectivity index (χ1n) is 9.17. The van der Waals surface area contributed by atoms with Crippen molar-refractivity contribution in [3.63, 3.8) is 0 Å². The van der Waals surface area contributed by atoms with Crippen LogP contribution in [0, 0.1) is 6.92 Å². The molecule has 0 aromatic heterocycles. The Balaban J connectivity index is 1.93. The van der Waals surface area contributed by atoms with Gasteiger partial charge in [-0.25, -0.2) is 14.4 Å². The Morgan fingerprint density at radius 1 is 0.633 bits per heavy atom. The summed E-state index contributed by atoms with van der Waals surface area (Å²) in [5, 5.41) is 0. The molecule has 6 nitrogen and oxygen atoms in total. The van der Waals surface area contributed by atoms with Crippen LogP contribution in [0.15, 0.2) is 75.6 Å². The highest BCUT2D eigenvalue weighted by molar-refractivity contribution is 5.60. The van der Waals surface area contributed by atoms with Crippen molar-refractivity contribution < 1.29 is 14.4 Å². The van der Waals surface area contributed by atoms with E-state index in [0.29, 0.717) is 29.9 Å². The molecule has 0 saturated carbocycles. The van der Waals surface area contributed by atoms with Crippen molar-refractivity contribution in [1.82, 2.24) is 0 Å². The zero-order chi connectivity index (χ0) is 21.3. The van der Waals surface area contributed by atoms with Crippen LogP contribution in [0.2, 0.25) is 0 Å². The van der Waals surface area contributed by atoms with Gasteiger partial charge >= 0.3 is 0 Å². The van der Waals surface area contributed by atoms with Crippen molar-refractivity contribution in [2.24, 2.45) is 15.0 Å². The molecule has 3 rings (SSSR count). The van der Waals surface area contributed by atoms with E-state index >= 15 is 0 Å². The summed E-state index contributed by atoms with van der Waals surface area (Å²) >= 11 is 0. The monoisotopic (exact) mass is 395 g/mol. The zero-order valence-electron chi connectivity index (χ0n) is 16.3. The highest BCUT2D eigenvalue weighted by Crippen LogP contribution is 2.28. The standard InChI is InChI=1S/C24H17N3O3/c1-17-6-7-18(12-23(17)26-15-29)11-21-9-8-19(13-24(21)27-16-30)10-20-4-2-3-5-22(20)25-14-28/h2-9,12-13H,10-11H2,1H3. The van der Waals surface area contributed by atoms with E-state index in [1.165, 1.54) is 0 Å². The second-order valence-corrected chi connectivity index (χ2v) is 6.68. The fourth-order valence-electron chi connectivity index (χ4n) is 3.22. The lowest BCUT2D eigenvalue weighted by Gasteiger charge is -2.10. The molecule has 0 unspecified atom stereocenters. The highest BCUT2D eigenvalue weighted by Gasteiger charge is 2.09. The number of hydrogen-bond donors (Lipinski definition) is 0. The Labute approximate surface area is 173 Å². The lowest BCUT2D eigenvalue weighted by Crippen LogP contribution is -1.94. The minimum atomic E-state index is 0.508. The van der Waals surface area contributed by atoms with Crippen molar-refractivity contribution >= 4 is 35.3 Å². The summed E-state index contributed by atoms with van der Waals surface area (Å²) in [4.78, 5) is 43.5. The fourth-order valence-corrected chi connectivity index (χ4v) is 3.22. The molecule has 0 aliphatic heterocycles. The average molecular weight is 395 g/mol. The van der Waals surface area contributed by atoms with E-state index in [0.717, 1.165) is 27.8 Å². The molecule has 0 heterocycles. The second kappa shape index (κ2) is 9.83. The first-order chi connectivity index (χ1) is 14.6. The summed E-state index contributed by atoms with van der Waals surface area (Å²) in [5.74, 6) is 0. The van der Waals surface area contributed by atoms with Gasteiger partial charge in [0.25, 0.3) is 0 Å². The Bertz CT molecular complexity index is 1230. The van der Waals surface area contributed by atoms with Gasteiger partial charge in [-0.2, -0.15) is 15.0 Å². The van der Waals surface area contributed by atoms with Crippen LogP contribution in [0.1, 0.15) is 27.8 Å². The average Bonchev–Trinajstić information content (AvgIpc) is 2.74. The van der Waals surface area contributed by atoms with Crippen molar-refractivity contribution in [2.45, 2.75) is 19.8 Å². The highest BCUT2D eigenvalue weighted by atomic mass is 16.1. The van der Waals surface area contributed by atoms with Gasteiger partial charge in [0.1, 0.15) is 0 Å². The Kier molecular flexibility index (Phi) is 6.73. The number of aliphatic imine (C=N–C) groups is 3. The van der Waals surface area contributed by atoms with E-state index in [-0.39, 0.29) is 0 Å². The summed E-state index contributed by atoms with van der Waals surface area (Å²) in [5.41, 5.74) is 6.05. The third-order valence-corrected chi connectivity index (χ3v) is 4.70. The van der Waals surface area contributed by atoms with Crippen LogP contribution in [0.3, 0.4) is 0 Å². The minimum absolute atomic E-state index is 0.508. The van der Waals surface area contributed by atoms with Gasteiger partial charge in [-0.15, -0.1) is 0 Å². The molecule has 6 heteroatoms. The molecule has 0 radical (unpaired) electrons. The number of nitrogens with zero attached hydrogens (tertiary/aromatic N) is 3. The maximum absolute atomic E-state index is 11.0. The molecule has 0 aliphatic rings. The van der Waals surface area contributed by atoms with Crippen molar-refractivity contribution in [1.29, 1.82) is 0 Å². The Morgan fingerprint density at radius 2 is 1.17 bits per heavy atom. The van der Waals surface area contributed by atoms with Crippen molar-refractivity contribution in [3.05, 3.63) is 88.5 Å². The van der Waals surface area contributed by atoms with Crippen molar-refractivity contribution in [2.75, 3.05) is 0 Å². The van der Waals surface area contributed by atoms with Gasteiger partial charge in [-0.1, -0.05) is 42.5 Å². The van der Waals surface area contributed by atoms with Crippen LogP contribution in [0.25, 0.3) is 0 Å². The summed E-state index contributed by atoms with van der Waals surface area (Å²) in [7, 11) is 0. The normalized spacial score (nSPS) is 9.77. The van der Waals surface area contributed by atoms with Gasteiger partial charge in [0.2, 0.25) is 18.2 Å².